The largest absolute Gasteiger partial charge is 0.494 e. The number of ether oxygens (including phenoxy) is 1. The van der Waals surface area contributed by atoms with Crippen LogP contribution in [0.15, 0.2) is 36.4 Å². The minimum Gasteiger partial charge on any atom is -0.494 e. The summed E-state index contributed by atoms with van der Waals surface area (Å²) in [6, 6.07) is 12.8. The molecule has 19 heavy (non-hydrogen) atoms. The van der Waals surface area contributed by atoms with Crippen LogP contribution in [0, 0.1) is 0 Å². The molecule has 1 saturated heterocycles. The van der Waals surface area contributed by atoms with Crippen molar-refractivity contribution in [2.45, 2.75) is 0 Å². The predicted octanol–water partition coefficient (Wildman–Crippen LogP) is 2.60. The highest BCUT2D eigenvalue weighted by Crippen LogP contribution is 2.36. The van der Waals surface area contributed by atoms with Gasteiger partial charge >= 0.3 is 0 Å². The Morgan fingerprint density at radius 3 is 2.42 bits per heavy atom. The Morgan fingerprint density at radius 1 is 0.947 bits per heavy atom. The molecular formula is C16H20N2O. The Balaban J connectivity index is 2.03. The van der Waals surface area contributed by atoms with Gasteiger partial charge in [-0.2, -0.15) is 0 Å². The van der Waals surface area contributed by atoms with Crippen LogP contribution >= 0.6 is 0 Å². The van der Waals surface area contributed by atoms with Gasteiger partial charge in [-0.3, -0.25) is 0 Å². The van der Waals surface area contributed by atoms with Crippen LogP contribution in [0.2, 0.25) is 0 Å². The molecule has 2 aromatic rings. The monoisotopic (exact) mass is 256 g/mol. The first kappa shape index (κ1) is 12.3. The predicted molar refractivity (Wildman–Crippen MR) is 80.2 cm³/mol. The van der Waals surface area contributed by atoms with Gasteiger partial charge in [0, 0.05) is 31.6 Å². The lowest BCUT2D eigenvalue weighted by Crippen LogP contribution is -2.44. The zero-order chi connectivity index (χ0) is 13.2. The van der Waals surface area contributed by atoms with Crippen LogP contribution in [0.1, 0.15) is 0 Å². The Kier molecular flexibility index (Phi) is 3.30. The van der Waals surface area contributed by atoms with Gasteiger partial charge in [-0.05, 0) is 18.5 Å². The standard InChI is InChI=1S/C16H20N2O/c1-17-9-11-18(12-10-17)15-8-7-13-5-3-4-6-14(13)16(15)19-2/h3-8H,9-12H2,1-2H3. The number of nitrogens with zero attached hydrogens (tertiary/aromatic N) is 2. The van der Waals surface area contributed by atoms with Crippen LogP contribution < -0.4 is 9.64 Å². The van der Waals surface area contributed by atoms with Crippen molar-refractivity contribution in [3.05, 3.63) is 36.4 Å². The number of rotatable bonds is 2. The number of fused-ring (bicyclic) bond motifs is 1. The Morgan fingerprint density at radius 2 is 1.68 bits per heavy atom. The van der Waals surface area contributed by atoms with Crippen LogP contribution in [-0.4, -0.2) is 45.2 Å². The Labute approximate surface area is 114 Å². The van der Waals surface area contributed by atoms with Gasteiger partial charge in [-0.15, -0.1) is 0 Å². The van der Waals surface area contributed by atoms with E-state index in [9.17, 15) is 0 Å². The van der Waals surface area contributed by atoms with E-state index in [0.29, 0.717) is 0 Å². The van der Waals surface area contributed by atoms with E-state index >= 15 is 0 Å². The lowest BCUT2D eigenvalue weighted by molar-refractivity contribution is 0.311. The smallest absolute Gasteiger partial charge is 0.149 e. The molecule has 100 valence electrons. The highest BCUT2D eigenvalue weighted by molar-refractivity contribution is 5.93. The third-order valence-electron chi connectivity index (χ3n) is 3.91. The Bertz CT molecular complexity index is 574. The van der Waals surface area contributed by atoms with E-state index in [0.717, 1.165) is 31.9 Å². The van der Waals surface area contributed by atoms with Gasteiger partial charge in [0.2, 0.25) is 0 Å². The molecule has 0 saturated carbocycles. The summed E-state index contributed by atoms with van der Waals surface area (Å²) in [6.45, 7) is 4.34. The maximum Gasteiger partial charge on any atom is 0.149 e. The molecule has 0 atom stereocenters. The number of piperazine rings is 1. The van der Waals surface area contributed by atoms with Gasteiger partial charge in [0.05, 0.1) is 12.8 Å². The van der Waals surface area contributed by atoms with Crippen molar-refractivity contribution in [3.8, 4) is 5.75 Å². The molecule has 1 heterocycles. The van der Waals surface area contributed by atoms with Crippen LogP contribution in [0.5, 0.6) is 5.75 Å². The average molecular weight is 256 g/mol. The van der Waals surface area contributed by atoms with E-state index in [1.165, 1.54) is 16.5 Å². The minimum atomic E-state index is 1.00. The van der Waals surface area contributed by atoms with E-state index in [4.69, 9.17) is 4.74 Å². The fourth-order valence-electron chi connectivity index (χ4n) is 2.74. The van der Waals surface area contributed by atoms with Crippen molar-refractivity contribution >= 4 is 16.5 Å². The molecule has 1 fully saturated rings. The molecule has 0 aliphatic carbocycles. The highest BCUT2D eigenvalue weighted by Gasteiger charge is 2.18. The summed E-state index contributed by atoms with van der Waals surface area (Å²) in [5.41, 5.74) is 1.22. The highest BCUT2D eigenvalue weighted by atomic mass is 16.5. The SMILES string of the molecule is COc1c(N2CCN(C)CC2)ccc2ccccc12. The molecule has 2 aromatic carbocycles. The number of methoxy groups -OCH3 is 1. The zero-order valence-electron chi connectivity index (χ0n) is 11.6. The number of hydrogen-bond donors (Lipinski definition) is 0. The molecule has 0 bridgehead atoms. The van der Waals surface area contributed by atoms with Crippen molar-refractivity contribution < 1.29 is 4.74 Å². The first-order valence-corrected chi connectivity index (χ1v) is 6.79. The van der Waals surface area contributed by atoms with Gasteiger partial charge in [-0.25, -0.2) is 0 Å². The van der Waals surface area contributed by atoms with Crippen molar-refractivity contribution in [2.75, 3.05) is 45.2 Å². The lowest BCUT2D eigenvalue weighted by atomic mass is 10.1. The summed E-state index contributed by atoms with van der Waals surface area (Å²) >= 11 is 0. The molecule has 3 nitrogen and oxygen atoms in total. The van der Waals surface area contributed by atoms with E-state index in [-0.39, 0.29) is 0 Å². The number of anilines is 1. The summed E-state index contributed by atoms with van der Waals surface area (Å²) in [6.07, 6.45) is 0. The van der Waals surface area contributed by atoms with Crippen molar-refractivity contribution in [1.82, 2.24) is 4.90 Å². The zero-order valence-corrected chi connectivity index (χ0v) is 11.6. The molecule has 3 rings (SSSR count). The lowest BCUT2D eigenvalue weighted by Gasteiger charge is -2.35. The molecule has 0 amide bonds. The number of benzene rings is 2. The fourth-order valence-corrected chi connectivity index (χ4v) is 2.74. The van der Waals surface area contributed by atoms with E-state index < -0.39 is 0 Å². The molecule has 0 N–H and O–H groups in total. The molecule has 1 aliphatic rings. The van der Waals surface area contributed by atoms with E-state index in [2.05, 4.69) is 53.2 Å². The quantitative estimate of drug-likeness (QED) is 0.821. The maximum atomic E-state index is 5.68. The van der Waals surface area contributed by atoms with Crippen LogP contribution in [-0.2, 0) is 0 Å². The molecule has 0 spiro atoms. The van der Waals surface area contributed by atoms with Crippen LogP contribution in [0.25, 0.3) is 10.8 Å². The topological polar surface area (TPSA) is 15.7 Å². The van der Waals surface area contributed by atoms with Gasteiger partial charge in [-0.1, -0.05) is 30.3 Å². The van der Waals surface area contributed by atoms with Crippen molar-refractivity contribution in [1.29, 1.82) is 0 Å². The van der Waals surface area contributed by atoms with E-state index in [1.807, 2.05) is 0 Å². The first-order chi connectivity index (χ1) is 9.29. The molecular weight excluding hydrogens is 236 g/mol. The molecule has 0 unspecified atom stereocenters. The van der Waals surface area contributed by atoms with Crippen LogP contribution in [0.4, 0.5) is 5.69 Å². The average Bonchev–Trinajstić information content (AvgIpc) is 2.47. The summed E-state index contributed by atoms with van der Waals surface area (Å²) < 4.78 is 5.68. The normalized spacial score (nSPS) is 16.8. The second-order valence-electron chi connectivity index (χ2n) is 5.13. The second-order valence-corrected chi connectivity index (χ2v) is 5.13. The van der Waals surface area contributed by atoms with Gasteiger partial charge in [0.1, 0.15) is 5.75 Å². The number of hydrogen-bond acceptors (Lipinski definition) is 3. The minimum absolute atomic E-state index is 1.00. The van der Waals surface area contributed by atoms with Gasteiger partial charge in [0.25, 0.3) is 0 Å². The third-order valence-corrected chi connectivity index (χ3v) is 3.91. The van der Waals surface area contributed by atoms with Gasteiger partial charge in [0.15, 0.2) is 0 Å². The summed E-state index contributed by atoms with van der Waals surface area (Å²) in [5, 5.41) is 2.43. The van der Waals surface area contributed by atoms with Crippen molar-refractivity contribution in [3.63, 3.8) is 0 Å². The maximum absolute atomic E-state index is 5.68. The number of likely N-dealkylation sites (N-methyl/N-ethyl adjacent to an activating group) is 1. The molecule has 1 aliphatic heterocycles. The summed E-state index contributed by atoms with van der Waals surface area (Å²) in [4.78, 5) is 4.79. The molecule has 3 heteroatoms. The molecule has 0 radical (unpaired) electrons. The fraction of sp³-hybridized carbons (Fsp3) is 0.375. The summed E-state index contributed by atoms with van der Waals surface area (Å²) in [7, 11) is 3.94. The second kappa shape index (κ2) is 5.10. The Hall–Kier alpha value is -1.74. The van der Waals surface area contributed by atoms with Gasteiger partial charge < -0.3 is 14.5 Å². The van der Waals surface area contributed by atoms with E-state index in [1.54, 1.807) is 7.11 Å². The first-order valence-electron chi connectivity index (χ1n) is 6.79. The van der Waals surface area contributed by atoms with Crippen molar-refractivity contribution in [2.24, 2.45) is 0 Å². The van der Waals surface area contributed by atoms with Crippen LogP contribution in [0.3, 0.4) is 0 Å². The third kappa shape index (κ3) is 2.26. The molecule has 0 aromatic heterocycles. The summed E-state index contributed by atoms with van der Waals surface area (Å²) in [5.74, 6) is 1.00.